The number of imidazole rings is 1. The third-order valence-electron chi connectivity index (χ3n) is 2.09. The SMILES string of the molecule is Cn1cnc([N+](=O)[O-])c1Oc1cc(Cl)cc(Cl)c1. The highest BCUT2D eigenvalue weighted by Crippen LogP contribution is 2.32. The van der Waals surface area contributed by atoms with Crippen LogP contribution in [0.25, 0.3) is 0 Å². The maximum atomic E-state index is 10.8. The van der Waals surface area contributed by atoms with Crippen molar-refractivity contribution in [3.05, 3.63) is 44.7 Å². The lowest BCUT2D eigenvalue weighted by Crippen LogP contribution is -1.96. The molecule has 8 heteroatoms. The molecular formula is C10H7Cl2N3O3. The fraction of sp³-hybridized carbons (Fsp3) is 0.100. The summed E-state index contributed by atoms with van der Waals surface area (Å²) in [6.45, 7) is 0. The lowest BCUT2D eigenvalue weighted by Gasteiger charge is -2.06. The van der Waals surface area contributed by atoms with Gasteiger partial charge in [-0.3, -0.25) is 4.57 Å². The number of hydrogen-bond acceptors (Lipinski definition) is 4. The number of aromatic nitrogens is 2. The van der Waals surface area contributed by atoms with E-state index in [9.17, 15) is 10.1 Å². The highest BCUT2D eigenvalue weighted by Gasteiger charge is 2.22. The summed E-state index contributed by atoms with van der Waals surface area (Å²) in [7, 11) is 1.58. The lowest BCUT2D eigenvalue weighted by atomic mass is 10.3. The smallest absolute Gasteiger partial charge is 0.427 e. The quantitative estimate of drug-likeness (QED) is 0.640. The Morgan fingerprint density at radius 1 is 1.33 bits per heavy atom. The molecule has 0 fully saturated rings. The van der Waals surface area contributed by atoms with Crippen LogP contribution in [0.4, 0.5) is 5.82 Å². The normalized spacial score (nSPS) is 10.4. The first-order chi connectivity index (χ1) is 8.47. The molecule has 0 bridgehead atoms. The maximum absolute atomic E-state index is 10.8. The van der Waals surface area contributed by atoms with Gasteiger partial charge in [-0.05, 0) is 28.1 Å². The zero-order chi connectivity index (χ0) is 13.3. The monoisotopic (exact) mass is 287 g/mol. The standard InChI is InChI=1S/C10H7Cl2N3O3/c1-14-5-13-9(15(16)17)10(14)18-8-3-6(11)2-7(12)4-8/h2-5H,1H3. The second-order valence-electron chi connectivity index (χ2n) is 3.45. The van der Waals surface area contributed by atoms with Crippen LogP contribution < -0.4 is 4.74 Å². The van der Waals surface area contributed by atoms with Crippen LogP contribution in [0, 0.1) is 10.1 Å². The highest BCUT2D eigenvalue weighted by molar-refractivity contribution is 6.34. The van der Waals surface area contributed by atoms with Gasteiger partial charge in [-0.15, -0.1) is 0 Å². The van der Waals surface area contributed by atoms with Crippen LogP contribution in [-0.2, 0) is 7.05 Å². The van der Waals surface area contributed by atoms with E-state index in [-0.39, 0.29) is 11.7 Å². The van der Waals surface area contributed by atoms with Gasteiger partial charge >= 0.3 is 11.7 Å². The zero-order valence-electron chi connectivity index (χ0n) is 9.13. The van der Waals surface area contributed by atoms with Gasteiger partial charge in [-0.2, -0.15) is 0 Å². The number of nitro groups is 1. The summed E-state index contributed by atoms with van der Waals surface area (Å²) < 4.78 is 6.79. The van der Waals surface area contributed by atoms with E-state index in [4.69, 9.17) is 27.9 Å². The van der Waals surface area contributed by atoms with Crippen LogP contribution in [0.3, 0.4) is 0 Å². The average Bonchev–Trinajstić information content (AvgIpc) is 2.59. The molecule has 0 unspecified atom stereocenters. The fourth-order valence-electron chi connectivity index (χ4n) is 1.35. The van der Waals surface area contributed by atoms with E-state index in [0.717, 1.165) is 0 Å². The molecule has 0 atom stereocenters. The molecule has 6 nitrogen and oxygen atoms in total. The van der Waals surface area contributed by atoms with E-state index >= 15 is 0 Å². The van der Waals surface area contributed by atoms with Gasteiger partial charge in [0.25, 0.3) is 0 Å². The molecule has 2 aromatic rings. The molecule has 1 aromatic carbocycles. The molecule has 0 saturated carbocycles. The average molecular weight is 288 g/mol. The molecule has 0 saturated heterocycles. The summed E-state index contributed by atoms with van der Waals surface area (Å²) in [4.78, 5) is 13.8. The van der Waals surface area contributed by atoms with Gasteiger partial charge in [0, 0.05) is 17.1 Å². The molecule has 0 aliphatic rings. The predicted molar refractivity (Wildman–Crippen MR) is 66.4 cm³/mol. The van der Waals surface area contributed by atoms with E-state index in [1.807, 2.05) is 0 Å². The second-order valence-corrected chi connectivity index (χ2v) is 4.32. The topological polar surface area (TPSA) is 70.2 Å². The minimum absolute atomic E-state index is 0.0123. The summed E-state index contributed by atoms with van der Waals surface area (Å²) in [5.41, 5.74) is 0. The summed E-state index contributed by atoms with van der Waals surface area (Å²) in [5, 5.41) is 11.5. The molecule has 0 amide bonds. The number of benzene rings is 1. The Hall–Kier alpha value is -1.79. The van der Waals surface area contributed by atoms with Crippen LogP contribution in [0.1, 0.15) is 0 Å². The van der Waals surface area contributed by atoms with Crippen LogP contribution >= 0.6 is 23.2 Å². The number of nitrogens with zero attached hydrogens (tertiary/aromatic N) is 3. The van der Waals surface area contributed by atoms with Crippen LogP contribution in [0.5, 0.6) is 11.6 Å². The molecule has 0 spiro atoms. The highest BCUT2D eigenvalue weighted by atomic mass is 35.5. The van der Waals surface area contributed by atoms with Crippen molar-refractivity contribution < 1.29 is 9.66 Å². The number of hydrogen-bond donors (Lipinski definition) is 0. The lowest BCUT2D eigenvalue weighted by molar-refractivity contribution is -0.390. The van der Waals surface area contributed by atoms with E-state index in [0.29, 0.717) is 15.8 Å². The van der Waals surface area contributed by atoms with Crippen molar-refractivity contribution in [3.8, 4) is 11.6 Å². The van der Waals surface area contributed by atoms with Crippen molar-refractivity contribution in [3.63, 3.8) is 0 Å². The van der Waals surface area contributed by atoms with Gasteiger partial charge in [-0.1, -0.05) is 23.2 Å². The van der Waals surface area contributed by atoms with Crippen molar-refractivity contribution in [1.82, 2.24) is 9.55 Å². The Labute approximate surface area is 112 Å². The van der Waals surface area contributed by atoms with Crippen LogP contribution in [0.15, 0.2) is 24.5 Å². The van der Waals surface area contributed by atoms with Crippen LogP contribution in [-0.4, -0.2) is 14.5 Å². The Kier molecular flexibility index (Phi) is 3.40. The molecule has 2 rings (SSSR count). The number of aryl methyl sites for hydroxylation is 1. The largest absolute Gasteiger partial charge is 0.434 e. The van der Waals surface area contributed by atoms with Gasteiger partial charge in [0.15, 0.2) is 0 Å². The third kappa shape index (κ3) is 2.55. The van der Waals surface area contributed by atoms with Gasteiger partial charge < -0.3 is 14.9 Å². The van der Waals surface area contributed by atoms with Crippen molar-refractivity contribution >= 4 is 29.0 Å². The van der Waals surface area contributed by atoms with Gasteiger partial charge in [0.05, 0.1) is 0 Å². The first-order valence-electron chi connectivity index (χ1n) is 4.77. The maximum Gasteiger partial charge on any atom is 0.427 e. The van der Waals surface area contributed by atoms with E-state index < -0.39 is 4.92 Å². The Bertz CT molecular complexity index is 592. The van der Waals surface area contributed by atoms with E-state index in [1.54, 1.807) is 7.05 Å². The molecular weight excluding hydrogens is 281 g/mol. The minimum atomic E-state index is -0.624. The number of ether oxygens (including phenoxy) is 1. The fourth-order valence-corrected chi connectivity index (χ4v) is 1.85. The van der Waals surface area contributed by atoms with Crippen molar-refractivity contribution in [2.75, 3.05) is 0 Å². The van der Waals surface area contributed by atoms with Gasteiger partial charge in [-0.25, -0.2) is 0 Å². The molecule has 94 valence electrons. The molecule has 18 heavy (non-hydrogen) atoms. The Balaban J connectivity index is 2.39. The summed E-state index contributed by atoms with van der Waals surface area (Å²) in [5.74, 6) is -0.0499. The molecule has 0 aliphatic heterocycles. The Morgan fingerprint density at radius 3 is 2.50 bits per heavy atom. The van der Waals surface area contributed by atoms with Crippen molar-refractivity contribution in [2.24, 2.45) is 7.05 Å². The summed E-state index contributed by atoms with van der Waals surface area (Å²) in [6.07, 6.45) is 1.29. The van der Waals surface area contributed by atoms with E-state index in [1.165, 1.54) is 29.1 Å². The first-order valence-corrected chi connectivity index (χ1v) is 5.52. The van der Waals surface area contributed by atoms with Crippen molar-refractivity contribution in [2.45, 2.75) is 0 Å². The molecule has 1 heterocycles. The molecule has 0 aliphatic carbocycles. The summed E-state index contributed by atoms with van der Waals surface area (Å²) in [6, 6.07) is 4.54. The van der Waals surface area contributed by atoms with Gasteiger partial charge in [0.1, 0.15) is 5.75 Å². The van der Waals surface area contributed by atoms with E-state index in [2.05, 4.69) is 4.98 Å². The minimum Gasteiger partial charge on any atom is -0.434 e. The predicted octanol–water partition coefficient (Wildman–Crippen LogP) is 3.43. The molecule has 0 N–H and O–H groups in total. The van der Waals surface area contributed by atoms with Gasteiger partial charge in [0.2, 0.25) is 6.33 Å². The number of halogens is 2. The molecule has 0 radical (unpaired) electrons. The molecule has 1 aromatic heterocycles. The van der Waals surface area contributed by atoms with Crippen molar-refractivity contribution in [1.29, 1.82) is 0 Å². The zero-order valence-corrected chi connectivity index (χ0v) is 10.6. The third-order valence-corrected chi connectivity index (χ3v) is 2.52. The summed E-state index contributed by atoms with van der Waals surface area (Å²) >= 11 is 11.6. The Morgan fingerprint density at radius 2 is 1.94 bits per heavy atom. The second kappa shape index (κ2) is 4.83. The first kappa shape index (κ1) is 12.7. The number of rotatable bonds is 3. The van der Waals surface area contributed by atoms with Crippen LogP contribution in [0.2, 0.25) is 10.0 Å².